The summed E-state index contributed by atoms with van der Waals surface area (Å²) >= 11 is 1.69. The number of methoxy groups -OCH3 is 1. The van der Waals surface area contributed by atoms with Crippen molar-refractivity contribution in [3.05, 3.63) is 64.6 Å². The second-order valence-corrected chi connectivity index (χ2v) is 10.1. The van der Waals surface area contributed by atoms with E-state index in [1.165, 1.54) is 18.4 Å². The molecule has 33 heavy (non-hydrogen) atoms. The molecule has 2 fully saturated rings. The van der Waals surface area contributed by atoms with Crippen LogP contribution in [0.5, 0.6) is 5.75 Å². The predicted molar refractivity (Wildman–Crippen MR) is 130 cm³/mol. The standard InChI is InChI=1S/C26H26N4O2S/c1-15-5-7-16(8-6-15)23-22(29-25(33-23)17-9-10-17)26(31)30-13-3-4-21(30)24-27-19-12-11-18(32-2)14-20(19)28-24/h5-8,11-12,14,17,21H,3-4,9-10,13H2,1-2H3,(H,27,28). The lowest BCUT2D eigenvalue weighted by Crippen LogP contribution is -2.31. The summed E-state index contributed by atoms with van der Waals surface area (Å²) in [6.07, 6.45) is 4.19. The van der Waals surface area contributed by atoms with Gasteiger partial charge < -0.3 is 14.6 Å². The van der Waals surface area contributed by atoms with Crippen LogP contribution in [-0.2, 0) is 0 Å². The van der Waals surface area contributed by atoms with Crippen LogP contribution in [0.25, 0.3) is 21.5 Å². The number of carbonyl (C=O) groups excluding carboxylic acids is 1. The Hall–Kier alpha value is -3.19. The molecule has 1 saturated heterocycles. The summed E-state index contributed by atoms with van der Waals surface area (Å²) in [5.74, 6) is 2.14. The number of aromatic nitrogens is 3. The van der Waals surface area contributed by atoms with Gasteiger partial charge in [0.25, 0.3) is 5.91 Å². The van der Waals surface area contributed by atoms with E-state index in [0.29, 0.717) is 18.2 Å². The van der Waals surface area contributed by atoms with Gasteiger partial charge in [-0.15, -0.1) is 11.3 Å². The molecule has 4 aromatic rings. The monoisotopic (exact) mass is 458 g/mol. The van der Waals surface area contributed by atoms with Gasteiger partial charge in [-0.25, -0.2) is 9.97 Å². The Balaban J connectivity index is 1.36. The number of nitrogens with one attached hydrogen (secondary N) is 1. The van der Waals surface area contributed by atoms with Crippen LogP contribution in [0, 0.1) is 6.92 Å². The molecule has 0 spiro atoms. The Bertz CT molecular complexity index is 1340. The van der Waals surface area contributed by atoms with E-state index >= 15 is 0 Å². The van der Waals surface area contributed by atoms with Gasteiger partial charge in [0.05, 0.1) is 34.1 Å². The number of thiazole rings is 1. The van der Waals surface area contributed by atoms with E-state index in [2.05, 4.69) is 36.2 Å². The minimum atomic E-state index is -0.0761. The van der Waals surface area contributed by atoms with Gasteiger partial charge in [-0.3, -0.25) is 4.79 Å². The number of nitrogens with zero attached hydrogens (tertiary/aromatic N) is 3. The van der Waals surface area contributed by atoms with Gasteiger partial charge in [-0.05, 0) is 50.3 Å². The van der Waals surface area contributed by atoms with Gasteiger partial charge in [-0.2, -0.15) is 0 Å². The molecular formula is C26H26N4O2S. The molecule has 1 aliphatic heterocycles. The first-order valence-corrected chi connectivity index (χ1v) is 12.3. The normalized spacial score (nSPS) is 18.2. The minimum absolute atomic E-state index is 0.00858. The SMILES string of the molecule is COc1ccc2nc(C3CCCN3C(=O)c3nc(C4CC4)sc3-c3ccc(C)cc3)[nH]c2c1. The number of H-pyrrole nitrogens is 1. The zero-order valence-electron chi connectivity index (χ0n) is 18.8. The fourth-order valence-electron chi connectivity index (χ4n) is 4.61. The van der Waals surface area contributed by atoms with E-state index in [1.54, 1.807) is 18.4 Å². The van der Waals surface area contributed by atoms with Gasteiger partial charge in [0, 0.05) is 18.5 Å². The number of imidazole rings is 1. The van der Waals surface area contributed by atoms with Gasteiger partial charge in [0.2, 0.25) is 0 Å². The molecule has 1 unspecified atom stereocenters. The Morgan fingerprint density at radius 2 is 1.94 bits per heavy atom. The van der Waals surface area contributed by atoms with Crippen molar-refractivity contribution in [1.82, 2.24) is 19.9 Å². The Morgan fingerprint density at radius 1 is 1.12 bits per heavy atom. The molecule has 1 atom stereocenters. The zero-order valence-corrected chi connectivity index (χ0v) is 19.6. The molecule has 2 aliphatic rings. The molecule has 1 amide bonds. The van der Waals surface area contributed by atoms with Gasteiger partial charge in [-0.1, -0.05) is 29.8 Å². The van der Waals surface area contributed by atoms with Crippen LogP contribution in [0.4, 0.5) is 0 Å². The summed E-state index contributed by atoms with van der Waals surface area (Å²) in [4.78, 5) is 29.9. The maximum absolute atomic E-state index is 13.9. The molecule has 0 bridgehead atoms. The Labute approximate surface area is 196 Å². The number of fused-ring (bicyclic) bond motifs is 1. The van der Waals surface area contributed by atoms with Crippen molar-refractivity contribution < 1.29 is 9.53 Å². The molecule has 3 heterocycles. The van der Waals surface area contributed by atoms with E-state index in [-0.39, 0.29) is 11.9 Å². The molecule has 6 nitrogen and oxygen atoms in total. The molecule has 6 rings (SSSR count). The van der Waals surface area contributed by atoms with E-state index in [0.717, 1.165) is 50.9 Å². The van der Waals surface area contributed by atoms with E-state index in [1.807, 2.05) is 23.1 Å². The molecule has 1 N–H and O–H groups in total. The third kappa shape index (κ3) is 3.70. The maximum atomic E-state index is 13.9. The first-order valence-electron chi connectivity index (χ1n) is 11.5. The topological polar surface area (TPSA) is 71.1 Å². The van der Waals surface area contributed by atoms with Gasteiger partial charge >= 0.3 is 0 Å². The zero-order chi connectivity index (χ0) is 22.5. The second kappa shape index (κ2) is 7.99. The number of aromatic amines is 1. The summed E-state index contributed by atoms with van der Waals surface area (Å²) in [5, 5.41) is 1.10. The number of ether oxygens (including phenoxy) is 1. The van der Waals surface area contributed by atoms with Gasteiger partial charge in [0.15, 0.2) is 0 Å². The largest absolute Gasteiger partial charge is 0.497 e. The number of hydrogen-bond acceptors (Lipinski definition) is 5. The lowest BCUT2D eigenvalue weighted by Gasteiger charge is -2.22. The number of hydrogen-bond donors (Lipinski definition) is 1. The molecule has 0 radical (unpaired) electrons. The molecule has 1 saturated carbocycles. The lowest BCUT2D eigenvalue weighted by molar-refractivity contribution is 0.0726. The fourth-order valence-corrected chi connectivity index (χ4v) is 5.84. The number of rotatable bonds is 5. The molecular weight excluding hydrogens is 432 g/mol. The molecule has 168 valence electrons. The minimum Gasteiger partial charge on any atom is -0.497 e. The smallest absolute Gasteiger partial charge is 0.274 e. The first-order chi connectivity index (χ1) is 16.1. The highest BCUT2D eigenvalue weighted by Gasteiger charge is 2.37. The molecule has 2 aromatic carbocycles. The van der Waals surface area contributed by atoms with Crippen molar-refractivity contribution in [3.63, 3.8) is 0 Å². The summed E-state index contributed by atoms with van der Waals surface area (Å²) in [6, 6.07) is 14.1. The van der Waals surface area contributed by atoms with E-state index in [4.69, 9.17) is 14.7 Å². The van der Waals surface area contributed by atoms with Crippen LogP contribution in [0.1, 0.15) is 64.5 Å². The predicted octanol–water partition coefficient (Wildman–Crippen LogP) is 5.86. The van der Waals surface area contributed by atoms with Crippen LogP contribution >= 0.6 is 11.3 Å². The maximum Gasteiger partial charge on any atom is 0.274 e. The molecule has 1 aliphatic carbocycles. The number of likely N-dealkylation sites (tertiary alicyclic amines) is 1. The van der Waals surface area contributed by atoms with Crippen LogP contribution in [0.15, 0.2) is 42.5 Å². The Kier molecular flexibility index (Phi) is 4.94. The van der Waals surface area contributed by atoms with Gasteiger partial charge in [0.1, 0.15) is 17.3 Å². The van der Waals surface area contributed by atoms with Crippen molar-refractivity contribution >= 4 is 28.3 Å². The van der Waals surface area contributed by atoms with Crippen molar-refractivity contribution in [2.24, 2.45) is 0 Å². The quantitative estimate of drug-likeness (QED) is 0.407. The summed E-state index contributed by atoms with van der Waals surface area (Å²) in [6.45, 7) is 2.80. The molecule has 2 aromatic heterocycles. The first kappa shape index (κ1) is 20.4. The number of carbonyl (C=O) groups is 1. The fraction of sp³-hybridized carbons (Fsp3) is 0.346. The number of aryl methyl sites for hydroxylation is 1. The van der Waals surface area contributed by atoms with Crippen LogP contribution in [0.3, 0.4) is 0 Å². The second-order valence-electron chi connectivity index (χ2n) is 9.03. The van der Waals surface area contributed by atoms with Crippen molar-refractivity contribution in [1.29, 1.82) is 0 Å². The van der Waals surface area contributed by atoms with Crippen LogP contribution in [-0.4, -0.2) is 39.4 Å². The molecule has 7 heteroatoms. The van der Waals surface area contributed by atoms with Crippen molar-refractivity contribution in [2.75, 3.05) is 13.7 Å². The highest BCUT2D eigenvalue weighted by atomic mass is 32.1. The van der Waals surface area contributed by atoms with Crippen molar-refractivity contribution in [3.8, 4) is 16.2 Å². The number of amides is 1. The Morgan fingerprint density at radius 3 is 2.70 bits per heavy atom. The van der Waals surface area contributed by atoms with E-state index < -0.39 is 0 Å². The third-order valence-corrected chi connectivity index (χ3v) is 7.89. The number of benzene rings is 2. The summed E-state index contributed by atoms with van der Waals surface area (Å²) in [5.41, 5.74) is 4.68. The third-order valence-electron chi connectivity index (χ3n) is 6.62. The van der Waals surface area contributed by atoms with Crippen LogP contribution < -0.4 is 4.74 Å². The highest BCUT2D eigenvalue weighted by molar-refractivity contribution is 7.15. The van der Waals surface area contributed by atoms with E-state index in [9.17, 15) is 4.79 Å². The average Bonchev–Trinajstić information content (AvgIpc) is 3.24. The lowest BCUT2D eigenvalue weighted by atomic mass is 10.1. The highest BCUT2D eigenvalue weighted by Crippen LogP contribution is 2.45. The average molecular weight is 459 g/mol. The van der Waals surface area contributed by atoms with Crippen LogP contribution in [0.2, 0.25) is 0 Å². The summed E-state index contributed by atoms with van der Waals surface area (Å²) in [7, 11) is 1.66. The summed E-state index contributed by atoms with van der Waals surface area (Å²) < 4.78 is 5.34. The van der Waals surface area contributed by atoms with Crippen molar-refractivity contribution in [2.45, 2.75) is 44.6 Å².